The van der Waals surface area contributed by atoms with E-state index >= 15 is 0 Å². The molecule has 0 radical (unpaired) electrons. The molecule has 2 nitrogen and oxygen atoms in total. The van der Waals surface area contributed by atoms with Gasteiger partial charge in [0.2, 0.25) is 0 Å². The molecule has 14 heavy (non-hydrogen) atoms. The number of hydrogen-bond donors (Lipinski definition) is 2. The molecule has 1 fully saturated rings. The second-order valence-electron chi connectivity index (χ2n) is 3.68. The second kappa shape index (κ2) is 4.80. The molecule has 0 aliphatic carbocycles. The third-order valence-corrected chi connectivity index (χ3v) is 3.08. The number of benzene rings is 1. The highest BCUT2D eigenvalue weighted by Crippen LogP contribution is 2.16. The molecule has 0 spiro atoms. The Kier molecular flexibility index (Phi) is 3.43. The summed E-state index contributed by atoms with van der Waals surface area (Å²) in [5, 5.41) is 6.91. The third-order valence-electron chi connectivity index (χ3n) is 2.55. The molecule has 0 saturated carbocycles. The Morgan fingerprint density at radius 1 is 1.14 bits per heavy atom. The van der Waals surface area contributed by atoms with Gasteiger partial charge >= 0.3 is 0 Å². The molecule has 0 atom stereocenters. The van der Waals surface area contributed by atoms with Gasteiger partial charge in [-0.3, -0.25) is 0 Å². The van der Waals surface area contributed by atoms with Gasteiger partial charge in [0.1, 0.15) is 0 Å². The first kappa shape index (κ1) is 9.99. The normalized spacial score (nSPS) is 18.1. The monoisotopic (exact) mass is 254 g/mol. The summed E-state index contributed by atoms with van der Waals surface area (Å²) in [4.78, 5) is 0. The van der Waals surface area contributed by atoms with Gasteiger partial charge in [-0.1, -0.05) is 15.9 Å². The summed E-state index contributed by atoms with van der Waals surface area (Å²) in [5.74, 6) is 0. The summed E-state index contributed by atoms with van der Waals surface area (Å²) in [6.07, 6.45) is 2.44. The van der Waals surface area contributed by atoms with Gasteiger partial charge in [0.25, 0.3) is 0 Å². The van der Waals surface area contributed by atoms with Gasteiger partial charge in [0.15, 0.2) is 0 Å². The summed E-state index contributed by atoms with van der Waals surface area (Å²) in [6, 6.07) is 9.02. The largest absolute Gasteiger partial charge is 0.382 e. The van der Waals surface area contributed by atoms with Crippen LogP contribution in [-0.2, 0) is 0 Å². The minimum Gasteiger partial charge on any atom is -0.382 e. The Morgan fingerprint density at radius 2 is 1.79 bits per heavy atom. The van der Waals surface area contributed by atoms with Crippen molar-refractivity contribution < 1.29 is 0 Å². The fraction of sp³-hybridized carbons (Fsp3) is 0.455. The number of anilines is 1. The van der Waals surface area contributed by atoms with Crippen LogP contribution < -0.4 is 10.6 Å². The van der Waals surface area contributed by atoms with Crippen molar-refractivity contribution in [1.29, 1.82) is 0 Å². The zero-order valence-corrected chi connectivity index (χ0v) is 9.68. The average Bonchev–Trinajstić information content (AvgIpc) is 2.23. The maximum absolute atomic E-state index is 3.55. The van der Waals surface area contributed by atoms with Crippen LogP contribution >= 0.6 is 15.9 Å². The van der Waals surface area contributed by atoms with Crippen LogP contribution in [0.5, 0.6) is 0 Å². The lowest BCUT2D eigenvalue weighted by atomic mass is 10.1. The van der Waals surface area contributed by atoms with E-state index in [1.54, 1.807) is 0 Å². The molecule has 0 amide bonds. The lowest BCUT2D eigenvalue weighted by Gasteiger charge is -2.24. The standard InChI is InChI=1S/C11H15BrN2/c12-9-1-3-10(4-2-9)14-11-5-7-13-8-6-11/h1-4,11,13-14H,5-8H2. The first-order chi connectivity index (χ1) is 6.84. The Bertz CT molecular complexity index is 278. The predicted molar refractivity (Wildman–Crippen MR) is 63.7 cm³/mol. The van der Waals surface area contributed by atoms with E-state index in [-0.39, 0.29) is 0 Å². The smallest absolute Gasteiger partial charge is 0.0343 e. The maximum atomic E-state index is 3.55. The molecule has 1 aromatic rings. The van der Waals surface area contributed by atoms with Crippen molar-refractivity contribution in [2.45, 2.75) is 18.9 Å². The molecule has 1 aliphatic heterocycles. The molecule has 0 unspecified atom stereocenters. The fourth-order valence-electron chi connectivity index (χ4n) is 1.75. The molecule has 1 aromatic carbocycles. The van der Waals surface area contributed by atoms with E-state index in [0.29, 0.717) is 6.04 Å². The zero-order valence-electron chi connectivity index (χ0n) is 8.09. The van der Waals surface area contributed by atoms with Gasteiger partial charge < -0.3 is 10.6 Å². The minimum atomic E-state index is 0.637. The molecular formula is C11H15BrN2. The minimum absolute atomic E-state index is 0.637. The van der Waals surface area contributed by atoms with Crippen LogP contribution in [0.25, 0.3) is 0 Å². The molecular weight excluding hydrogens is 240 g/mol. The van der Waals surface area contributed by atoms with Gasteiger partial charge in [-0.05, 0) is 50.2 Å². The molecule has 3 heteroatoms. The zero-order chi connectivity index (χ0) is 9.80. The number of nitrogens with one attached hydrogen (secondary N) is 2. The molecule has 0 bridgehead atoms. The number of halogens is 1. The van der Waals surface area contributed by atoms with E-state index in [4.69, 9.17) is 0 Å². The van der Waals surface area contributed by atoms with Crippen molar-refractivity contribution in [3.63, 3.8) is 0 Å². The Labute approximate surface area is 93.2 Å². The van der Waals surface area contributed by atoms with Gasteiger partial charge in [-0.15, -0.1) is 0 Å². The molecule has 1 heterocycles. The molecule has 2 rings (SSSR count). The van der Waals surface area contributed by atoms with Crippen LogP contribution in [-0.4, -0.2) is 19.1 Å². The van der Waals surface area contributed by atoms with E-state index in [0.717, 1.165) is 17.6 Å². The lowest BCUT2D eigenvalue weighted by molar-refractivity contribution is 0.479. The fourth-order valence-corrected chi connectivity index (χ4v) is 2.01. The number of rotatable bonds is 2. The summed E-state index contributed by atoms with van der Waals surface area (Å²) in [6.45, 7) is 2.27. The van der Waals surface area contributed by atoms with Crippen LogP contribution in [0.1, 0.15) is 12.8 Å². The highest BCUT2D eigenvalue weighted by molar-refractivity contribution is 9.10. The van der Waals surface area contributed by atoms with E-state index in [1.807, 2.05) is 0 Å². The van der Waals surface area contributed by atoms with Crippen LogP contribution in [0.2, 0.25) is 0 Å². The number of piperidine rings is 1. The van der Waals surface area contributed by atoms with Gasteiger partial charge in [0, 0.05) is 16.2 Å². The van der Waals surface area contributed by atoms with E-state index in [9.17, 15) is 0 Å². The van der Waals surface area contributed by atoms with Gasteiger partial charge in [0.05, 0.1) is 0 Å². The second-order valence-corrected chi connectivity index (χ2v) is 4.59. The molecule has 0 aromatic heterocycles. The van der Waals surface area contributed by atoms with E-state index in [1.165, 1.54) is 18.5 Å². The van der Waals surface area contributed by atoms with Crippen LogP contribution in [0.4, 0.5) is 5.69 Å². The maximum Gasteiger partial charge on any atom is 0.0343 e. The van der Waals surface area contributed by atoms with E-state index < -0.39 is 0 Å². The predicted octanol–water partition coefficient (Wildman–Crippen LogP) is 2.61. The third kappa shape index (κ3) is 2.72. The molecule has 2 N–H and O–H groups in total. The van der Waals surface area contributed by atoms with Gasteiger partial charge in [-0.2, -0.15) is 0 Å². The summed E-state index contributed by atoms with van der Waals surface area (Å²) < 4.78 is 1.13. The SMILES string of the molecule is Brc1ccc(NC2CCNCC2)cc1. The van der Waals surface area contributed by atoms with Crippen molar-refractivity contribution in [1.82, 2.24) is 5.32 Å². The first-order valence-corrected chi connectivity index (χ1v) is 5.87. The summed E-state index contributed by atoms with van der Waals surface area (Å²) in [7, 11) is 0. The van der Waals surface area contributed by atoms with Crippen LogP contribution in [0.3, 0.4) is 0 Å². The Balaban J connectivity index is 1.92. The van der Waals surface area contributed by atoms with Crippen LogP contribution in [0.15, 0.2) is 28.7 Å². The topological polar surface area (TPSA) is 24.1 Å². The van der Waals surface area contributed by atoms with Crippen molar-refractivity contribution in [2.75, 3.05) is 18.4 Å². The lowest BCUT2D eigenvalue weighted by Crippen LogP contribution is -2.35. The van der Waals surface area contributed by atoms with Crippen molar-refractivity contribution >= 4 is 21.6 Å². The van der Waals surface area contributed by atoms with E-state index in [2.05, 4.69) is 50.8 Å². The molecule has 76 valence electrons. The average molecular weight is 255 g/mol. The first-order valence-electron chi connectivity index (χ1n) is 5.07. The van der Waals surface area contributed by atoms with Crippen molar-refractivity contribution in [2.24, 2.45) is 0 Å². The molecule has 1 saturated heterocycles. The Hall–Kier alpha value is -0.540. The van der Waals surface area contributed by atoms with Crippen molar-refractivity contribution in [3.8, 4) is 0 Å². The number of hydrogen-bond acceptors (Lipinski definition) is 2. The highest BCUT2D eigenvalue weighted by Gasteiger charge is 2.11. The van der Waals surface area contributed by atoms with Crippen molar-refractivity contribution in [3.05, 3.63) is 28.7 Å². The quantitative estimate of drug-likeness (QED) is 0.848. The van der Waals surface area contributed by atoms with Crippen LogP contribution in [0, 0.1) is 0 Å². The Morgan fingerprint density at radius 3 is 2.43 bits per heavy atom. The summed E-state index contributed by atoms with van der Waals surface area (Å²) >= 11 is 3.43. The van der Waals surface area contributed by atoms with Gasteiger partial charge in [-0.25, -0.2) is 0 Å². The highest BCUT2D eigenvalue weighted by atomic mass is 79.9. The molecule has 1 aliphatic rings. The summed E-state index contributed by atoms with van der Waals surface area (Å²) in [5.41, 5.74) is 1.22.